The number of amides is 1. The Morgan fingerprint density at radius 3 is 2.45 bits per heavy atom. The Hall–Kier alpha value is -4.60. The summed E-state index contributed by atoms with van der Waals surface area (Å²) >= 11 is 2.52. The Morgan fingerprint density at radius 2 is 1.74 bits per heavy atom. The summed E-state index contributed by atoms with van der Waals surface area (Å²) in [5, 5.41) is 24.5. The number of ether oxygens (including phenoxy) is 2. The Morgan fingerprint density at radius 1 is 1.03 bits per heavy atom. The molecule has 15 heteroatoms. The van der Waals surface area contributed by atoms with Gasteiger partial charge >= 0.3 is 12.1 Å². The Kier molecular flexibility index (Phi) is 7.80. The molecular formula is C23H19N7O6S2. The predicted molar refractivity (Wildman–Crippen MR) is 132 cm³/mol. The summed E-state index contributed by atoms with van der Waals surface area (Å²) in [5.41, 5.74) is 0.718. The van der Waals surface area contributed by atoms with E-state index in [0.29, 0.717) is 27.1 Å². The molecule has 4 aromatic rings. The van der Waals surface area contributed by atoms with E-state index in [9.17, 15) is 9.59 Å². The van der Waals surface area contributed by atoms with Crippen LogP contribution in [0.25, 0.3) is 33.9 Å². The summed E-state index contributed by atoms with van der Waals surface area (Å²) in [5.74, 6) is -0.342. The fraction of sp³-hybridized carbons (Fsp3) is 0.304. The Labute approximate surface area is 223 Å². The van der Waals surface area contributed by atoms with Gasteiger partial charge in [-0.2, -0.15) is 15.5 Å². The van der Waals surface area contributed by atoms with Gasteiger partial charge in [-0.3, -0.25) is 0 Å². The minimum absolute atomic E-state index is 0.00158. The maximum absolute atomic E-state index is 12.4. The number of rotatable bonds is 8. The summed E-state index contributed by atoms with van der Waals surface area (Å²) in [4.78, 5) is 42.0. The van der Waals surface area contributed by atoms with Crippen molar-refractivity contribution >= 4 is 34.7 Å². The quantitative estimate of drug-likeness (QED) is 0.310. The van der Waals surface area contributed by atoms with Gasteiger partial charge in [0.15, 0.2) is 12.3 Å². The van der Waals surface area contributed by atoms with E-state index < -0.39 is 30.3 Å². The van der Waals surface area contributed by atoms with Gasteiger partial charge in [0.1, 0.15) is 58.4 Å². The molecule has 0 aliphatic carbocycles. The maximum atomic E-state index is 12.4. The third-order valence-electron chi connectivity index (χ3n) is 4.47. The largest absolute Gasteiger partial charge is 0.449 e. The number of esters is 1. The number of hydrogen-bond acceptors (Lipinski definition) is 14. The number of nitrogens with zero attached hydrogens (tertiary/aromatic N) is 6. The first-order valence-corrected chi connectivity index (χ1v) is 12.7. The molecule has 1 amide bonds. The van der Waals surface area contributed by atoms with Crippen molar-refractivity contribution in [3.63, 3.8) is 0 Å². The van der Waals surface area contributed by atoms with Gasteiger partial charge in [0.05, 0.1) is 5.01 Å². The van der Waals surface area contributed by atoms with Gasteiger partial charge in [-0.15, -0.1) is 22.7 Å². The van der Waals surface area contributed by atoms with Gasteiger partial charge in [-0.1, -0.05) is 0 Å². The van der Waals surface area contributed by atoms with Crippen LogP contribution in [-0.4, -0.2) is 50.2 Å². The first-order chi connectivity index (χ1) is 18.1. The van der Waals surface area contributed by atoms with Gasteiger partial charge in [0.2, 0.25) is 11.8 Å². The molecule has 0 radical (unpaired) electrons. The lowest BCUT2D eigenvalue weighted by Crippen LogP contribution is -2.45. The number of nitriles is 2. The zero-order valence-corrected chi connectivity index (χ0v) is 21.9. The molecule has 38 heavy (non-hydrogen) atoms. The number of carbonyl (C=O) groups excluding carboxylic acids is 2. The summed E-state index contributed by atoms with van der Waals surface area (Å²) in [6.07, 6.45) is 1.87. The number of aromatic nitrogens is 4. The first kappa shape index (κ1) is 26.5. The lowest BCUT2D eigenvalue weighted by Gasteiger charge is -2.22. The average molecular weight is 554 g/mol. The van der Waals surface area contributed by atoms with Crippen LogP contribution in [0.1, 0.15) is 31.5 Å². The van der Waals surface area contributed by atoms with Crippen LogP contribution in [0, 0.1) is 22.7 Å². The highest BCUT2D eigenvalue weighted by molar-refractivity contribution is 7.13. The smallest absolute Gasteiger partial charge is 0.408 e. The molecular weight excluding hydrogens is 534 g/mol. The molecule has 4 heterocycles. The van der Waals surface area contributed by atoms with E-state index in [4.69, 9.17) is 28.8 Å². The molecule has 0 unspecified atom stereocenters. The van der Waals surface area contributed by atoms with Crippen LogP contribution in [0.15, 0.2) is 32.1 Å². The molecule has 194 valence electrons. The molecule has 13 nitrogen and oxygen atoms in total. The lowest BCUT2D eigenvalue weighted by atomic mass is 10.2. The highest BCUT2D eigenvalue weighted by atomic mass is 32.1. The van der Waals surface area contributed by atoms with Gasteiger partial charge in [-0.25, -0.2) is 24.5 Å². The molecule has 0 saturated carbocycles. The second kappa shape index (κ2) is 11.2. The minimum Gasteiger partial charge on any atom is -0.449 e. The third-order valence-corrected chi connectivity index (χ3v) is 6.21. The van der Waals surface area contributed by atoms with Crippen molar-refractivity contribution in [3.05, 3.63) is 34.0 Å². The summed E-state index contributed by atoms with van der Waals surface area (Å²) in [6.45, 7) is 4.62. The number of oxazole rings is 2. The highest BCUT2D eigenvalue weighted by Crippen LogP contribution is 2.30. The van der Waals surface area contributed by atoms with Crippen LogP contribution in [0.4, 0.5) is 4.79 Å². The molecule has 0 aromatic carbocycles. The van der Waals surface area contributed by atoms with E-state index in [1.807, 2.05) is 6.07 Å². The normalized spacial score (nSPS) is 11.8. The van der Waals surface area contributed by atoms with Crippen molar-refractivity contribution in [1.29, 1.82) is 10.5 Å². The van der Waals surface area contributed by atoms with Crippen LogP contribution in [0.5, 0.6) is 0 Å². The molecule has 4 aromatic heterocycles. The number of alkyl carbamates (subject to hydrolysis) is 1. The van der Waals surface area contributed by atoms with Crippen LogP contribution in [0.2, 0.25) is 0 Å². The van der Waals surface area contributed by atoms with E-state index in [1.165, 1.54) is 35.2 Å². The summed E-state index contributed by atoms with van der Waals surface area (Å²) < 4.78 is 20.9. The fourth-order valence-electron chi connectivity index (χ4n) is 2.95. The lowest BCUT2D eigenvalue weighted by molar-refractivity contribution is -0.144. The molecule has 1 atom stereocenters. The first-order valence-electron chi connectivity index (χ1n) is 10.9. The zero-order valence-electron chi connectivity index (χ0n) is 20.3. The van der Waals surface area contributed by atoms with Crippen molar-refractivity contribution < 1.29 is 27.9 Å². The fourth-order valence-corrected chi connectivity index (χ4v) is 4.50. The number of thiazole rings is 2. The van der Waals surface area contributed by atoms with Crippen LogP contribution >= 0.6 is 22.7 Å². The van der Waals surface area contributed by atoms with Gasteiger partial charge in [0.25, 0.3) is 0 Å². The molecule has 1 N–H and O–H groups in total. The zero-order chi connectivity index (χ0) is 27.3. The topological polar surface area (TPSA) is 190 Å². The standard InChI is InChI=1S/C23H19N7O6S2/c1-23(2,3)36-22(32)30-13(21(31)33-5-4-24)6-17-27-15(10-37-17)19-28-14(9-35-19)20-29-16(11-38-20)18-26-12(7-25)8-34-18/h8-11,13H,5-6H2,1-3H3,(H,30,32)/t13-/m0/s1. The molecule has 4 rings (SSSR count). The van der Waals surface area contributed by atoms with Crippen LogP contribution in [0.3, 0.4) is 0 Å². The van der Waals surface area contributed by atoms with E-state index in [-0.39, 0.29) is 23.9 Å². The average Bonchev–Trinajstić information content (AvgIpc) is 3.65. The third kappa shape index (κ3) is 6.58. The summed E-state index contributed by atoms with van der Waals surface area (Å²) in [7, 11) is 0. The highest BCUT2D eigenvalue weighted by Gasteiger charge is 2.27. The second-order valence-electron chi connectivity index (χ2n) is 8.52. The SMILES string of the molecule is CC(C)(C)OC(=O)N[C@@H](Cc1nc(-c2nc(-c3nc(-c4nc(C#N)co4)cs3)co2)cs1)C(=O)OCC#N. The van der Waals surface area contributed by atoms with Crippen molar-refractivity contribution in [2.24, 2.45) is 0 Å². The van der Waals surface area contributed by atoms with E-state index in [0.717, 1.165) is 0 Å². The maximum Gasteiger partial charge on any atom is 0.408 e. The molecule has 0 fully saturated rings. The molecule has 0 spiro atoms. The van der Waals surface area contributed by atoms with Gasteiger partial charge < -0.3 is 23.6 Å². The molecule has 0 saturated heterocycles. The van der Waals surface area contributed by atoms with Gasteiger partial charge in [0, 0.05) is 17.2 Å². The molecule has 0 bridgehead atoms. The van der Waals surface area contributed by atoms with E-state index in [1.54, 1.807) is 37.6 Å². The van der Waals surface area contributed by atoms with Crippen LogP contribution < -0.4 is 5.32 Å². The monoisotopic (exact) mass is 553 g/mol. The second-order valence-corrected chi connectivity index (χ2v) is 10.3. The number of hydrogen-bond donors (Lipinski definition) is 1. The Balaban J connectivity index is 1.47. The number of carbonyl (C=O) groups is 2. The molecule has 0 aliphatic rings. The van der Waals surface area contributed by atoms with Gasteiger partial charge in [-0.05, 0) is 20.8 Å². The van der Waals surface area contributed by atoms with Crippen molar-refractivity contribution in [2.75, 3.05) is 6.61 Å². The van der Waals surface area contributed by atoms with Crippen molar-refractivity contribution in [2.45, 2.75) is 38.8 Å². The minimum atomic E-state index is -1.12. The molecule has 0 aliphatic heterocycles. The Bertz CT molecular complexity index is 1530. The summed E-state index contributed by atoms with van der Waals surface area (Å²) in [6, 6.07) is 2.49. The van der Waals surface area contributed by atoms with Crippen molar-refractivity contribution in [1.82, 2.24) is 25.3 Å². The predicted octanol–water partition coefficient (Wildman–Crippen LogP) is 3.95. The van der Waals surface area contributed by atoms with E-state index in [2.05, 4.69) is 25.3 Å². The number of nitrogens with one attached hydrogen (secondary N) is 1. The van der Waals surface area contributed by atoms with E-state index >= 15 is 0 Å². The van der Waals surface area contributed by atoms with Crippen molar-refractivity contribution in [3.8, 4) is 46.0 Å². The van der Waals surface area contributed by atoms with Crippen LogP contribution in [-0.2, 0) is 20.7 Å².